The lowest BCUT2D eigenvalue weighted by atomic mass is 10.2. The van der Waals surface area contributed by atoms with Crippen LogP contribution in [0.25, 0.3) is 0 Å². The zero-order valence-corrected chi connectivity index (χ0v) is 6.37. The van der Waals surface area contributed by atoms with E-state index in [0.29, 0.717) is 18.8 Å². The van der Waals surface area contributed by atoms with E-state index in [1.807, 2.05) is 0 Å². The third-order valence-electron chi connectivity index (χ3n) is 1.96. The van der Waals surface area contributed by atoms with Gasteiger partial charge in [0.1, 0.15) is 5.82 Å². The quantitative estimate of drug-likeness (QED) is 0.412. The summed E-state index contributed by atoms with van der Waals surface area (Å²) in [6.07, 6.45) is 0.260. The molecule has 0 bridgehead atoms. The van der Waals surface area contributed by atoms with Crippen LogP contribution in [-0.2, 0) is 0 Å². The zero-order valence-electron chi connectivity index (χ0n) is 6.37. The Balaban J connectivity index is 2.16. The van der Waals surface area contributed by atoms with Crippen LogP contribution in [0.5, 0.6) is 0 Å². The molecular formula is C6H10N4O2. The van der Waals surface area contributed by atoms with E-state index < -0.39 is 0 Å². The molecule has 0 aliphatic carbocycles. The molecule has 0 amide bonds. The maximum atomic E-state index is 10.7. The second-order valence-electron chi connectivity index (χ2n) is 2.91. The standard InChI is InChI=1S/C6H10N4O2/c11-3-1-4(7-2-3)5-8-6(12)10-9-5/h3-4,7,11H,1-2H2,(H2,8,9,10,12)/t3-,4-/m0/s1. The van der Waals surface area contributed by atoms with Gasteiger partial charge in [-0.15, -0.1) is 0 Å². The number of aliphatic hydroxyl groups is 1. The molecular weight excluding hydrogens is 160 g/mol. The van der Waals surface area contributed by atoms with E-state index >= 15 is 0 Å². The normalized spacial score (nSPS) is 29.4. The van der Waals surface area contributed by atoms with Gasteiger partial charge in [0.25, 0.3) is 0 Å². The van der Waals surface area contributed by atoms with Crippen LogP contribution < -0.4 is 11.0 Å². The third-order valence-corrected chi connectivity index (χ3v) is 1.96. The molecule has 0 unspecified atom stereocenters. The number of rotatable bonds is 1. The molecule has 1 aromatic rings. The summed E-state index contributed by atoms with van der Waals surface area (Å²) in [6.45, 7) is 0.555. The van der Waals surface area contributed by atoms with Crippen LogP contribution in [0.2, 0.25) is 0 Å². The molecule has 0 radical (unpaired) electrons. The second kappa shape index (κ2) is 2.72. The van der Waals surface area contributed by atoms with Gasteiger partial charge in [-0.2, -0.15) is 5.10 Å². The lowest BCUT2D eigenvalue weighted by Crippen LogP contribution is -2.16. The van der Waals surface area contributed by atoms with Crippen molar-refractivity contribution < 1.29 is 5.11 Å². The smallest absolute Gasteiger partial charge is 0.340 e. The highest BCUT2D eigenvalue weighted by molar-refractivity contribution is 4.96. The molecule has 0 saturated carbocycles. The van der Waals surface area contributed by atoms with Crippen LogP contribution in [0.1, 0.15) is 18.3 Å². The summed E-state index contributed by atoms with van der Waals surface area (Å²) in [5, 5.41) is 18.3. The number of β-amino-alcohol motifs (C(OH)–C–C–N with tert-alkyl or cyclic N) is 1. The van der Waals surface area contributed by atoms with E-state index in [2.05, 4.69) is 20.5 Å². The van der Waals surface area contributed by atoms with Gasteiger partial charge in [-0.25, -0.2) is 9.89 Å². The highest BCUT2D eigenvalue weighted by Crippen LogP contribution is 2.18. The largest absolute Gasteiger partial charge is 0.392 e. The van der Waals surface area contributed by atoms with E-state index in [1.54, 1.807) is 0 Å². The van der Waals surface area contributed by atoms with Crippen molar-refractivity contribution in [3.63, 3.8) is 0 Å². The minimum Gasteiger partial charge on any atom is -0.392 e. The Hall–Kier alpha value is -1.14. The number of aliphatic hydroxyl groups excluding tert-OH is 1. The van der Waals surface area contributed by atoms with Gasteiger partial charge >= 0.3 is 5.69 Å². The SMILES string of the molecule is O=c1[nH]nc([C@@H]2C[C@H](O)CN2)[nH]1. The Kier molecular flexibility index (Phi) is 1.70. The molecule has 66 valence electrons. The zero-order chi connectivity index (χ0) is 8.55. The van der Waals surface area contributed by atoms with E-state index in [1.165, 1.54) is 0 Å². The first-order chi connectivity index (χ1) is 5.75. The molecule has 2 rings (SSSR count). The fraction of sp³-hybridized carbons (Fsp3) is 0.667. The average molecular weight is 170 g/mol. The molecule has 2 atom stereocenters. The van der Waals surface area contributed by atoms with Crippen LogP contribution in [-0.4, -0.2) is 32.9 Å². The second-order valence-corrected chi connectivity index (χ2v) is 2.91. The summed E-state index contributed by atoms with van der Waals surface area (Å²) in [5.41, 5.74) is -0.312. The summed E-state index contributed by atoms with van der Waals surface area (Å²) in [4.78, 5) is 13.2. The Bertz CT molecular complexity index is 317. The summed E-state index contributed by atoms with van der Waals surface area (Å²) in [7, 11) is 0. The molecule has 12 heavy (non-hydrogen) atoms. The first-order valence-electron chi connectivity index (χ1n) is 3.82. The van der Waals surface area contributed by atoms with Crippen molar-refractivity contribution in [2.24, 2.45) is 0 Å². The van der Waals surface area contributed by atoms with Gasteiger partial charge < -0.3 is 10.4 Å². The molecule has 4 N–H and O–H groups in total. The summed E-state index contributed by atoms with van der Waals surface area (Å²) >= 11 is 0. The molecule has 1 fully saturated rings. The fourth-order valence-corrected chi connectivity index (χ4v) is 1.37. The minimum absolute atomic E-state index is 0.0288. The van der Waals surface area contributed by atoms with Crippen LogP contribution in [0.3, 0.4) is 0 Å². The summed E-state index contributed by atoms with van der Waals surface area (Å²) in [6, 6.07) is -0.0288. The number of aromatic amines is 2. The van der Waals surface area contributed by atoms with Crippen molar-refractivity contribution in [2.75, 3.05) is 6.54 Å². The molecule has 6 heteroatoms. The van der Waals surface area contributed by atoms with Crippen LogP contribution in [0, 0.1) is 0 Å². The fourth-order valence-electron chi connectivity index (χ4n) is 1.37. The van der Waals surface area contributed by atoms with Crippen LogP contribution in [0.15, 0.2) is 4.79 Å². The first-order valence-corrected chi connectivity index (χ1v) is 3.82. The monoisotopic (exact) mass is 170 g/mol. The molecule has 1 aromatic heterocycles. The maximum absolute atomic E-state index is 10.7. The first kappa shape index (κ1) is 7.51. The molecule has 2 heterocycles. The number of nitrogens with one attached hydrogen (secondary N) is 3. The third kappa shape index (κ3) is 1.26. The average Bonchev–Trinajstić information content (AvgIpc) is 2.58. The van der Waals surface area contributed by atoms with Gasteiger partial charge in [-0.3, -0.25) is 4.98 Å². The van der Waals surface area contributed by atoms with Crippen molar-refractivity contribution in [1.29, 1.82) is 0 Å². The highest BCUT2D eigenvalue weighted by atomic mass is 16.3. The van der Waals surface area contributed by atoms with Gasteiger partial charge in [-0.05, 0) is 6.42 Å². The van der Waals surface area contributed by atoms with Gasteiger partial charge in [0.15, 0.2) is 0 Å². The van der Waals surface area contributed by atoms with Crippen molar-refractivity contribution in [2.45, 2.75) is 18.6 Å². The Labute approximate surface area is 68.0 Å². The van der Waals surface area contributed by atoms with Gasteiger partial charge in [0.2, 0.25) is 0 Å². The Morgan fingerprint density at radius 1 is 1.58 bits per heavy atom. The Morgan fingerprint density at radius 2 is 2.42 bits per heavy atom. The number of nitrogens with zero attached hydrogens (tertiary/aromatic N) is 1. The van der Waals surface area contributed by atoms with Crippen molar-refractivity contribution in [3.05, 3.63) is 16.3 Å². The number of hydrogen-bond donors (Lipinski definition) is 4. The maximum Gasteiger partial charge on any atom is 0.340 e. The lowest BCUT2D eigenvalue weighted by molar-refractivity contribution is 0.193. The molecule has 0 spiro atoms. The van der Waals surface area contributed by atoms with Gasteiger partial charge in [0.05, 0.1) is 12.1 Å². The number of H-pyrrole nitrogens is 2. The molecule has 1 saturated heterocycles. The van der Waals surface area contributed by atoms with Crippen molar-refractivity contribution >= 4 is 0 Å². The molecule has 0 aromatic carbocycles. The van der Waals surface area contributed by atoms with E-state index in [9.17, 15) is 9.90 Å². The predicted molar refractivity (Wildman–Crippen MR) is 40.6 cm³/mol. The van der Waals surface area contributed by atoms with Crippen molar-refractivity contribution in [3.8, 4) is 0 Å². The summed E-state index contributed by atoms with van der Waals surface area (Å²) < 4.78 is 0. The van der Waals surface area contributed by atoms with Crippen molar-refractivity contribution in [1.82, 2.24) is 20.5 Å². The van der Waals surface area contributed by atoms with Gasteiger partial charge in [-0.1, -0.05) is 0 Å². The summed E-state index contributed by atoms with van der Waals surface area (Å²) in [5.74, 6) is 0.566. The number of aromatic nitrogens is 3. The minimum atomic E-state index is -0.338. The van der Waals surface area contributed by atoms with E-state index in [4.69, 9.17) is 0 Å². The van der Waals surface area contributed by atoms with Crippen LogP contribution in [0.4, 0.5) is 0 Å². The topological polar surface area (TPSA) is 93.8 Å². The van der Waals surface area contributed by atoms with Gasteiger partial charge in [0, 0.05) is 6.54 Å². The molecule has 1 aliphatic heterocycles. The van der Waals surface area contributed by atoms with E-state index in [0.717, 1.165) is 0 Å². The van der Waals surface area contributed by atoms with E-state index in [-0.39, 0.29) is 17.8 Å². The Morgan fingerprint density at radius 3 is 2.92 bits per heavy atom. The number of hydrogen-bond acceptors (Lipinski definition) is 4. The predicted octanol–water partition coefficient (Wildman–Crippen LogP) is -1.51. The molecule has 6 nitrogen and oxygen atoms in total. The molecule has 1 aliphatic rings. The van der Waals surface area contributed by atoms with Crippen LogP contribution >= 0.6 is 0 Å². The lowest BCUT2D eigenvalue weighted by Gasteiger charge is -2.02. The highest BCUT2D eigenvalue weighted by Gasteiger charge is 2.25.